The van der Waals surface area contributed by atoms with Crippen molar-refractivity contribution < 1.29 is 9.21 Å². The largest absolute Gasteiger partial charge is 0.455 e. The van der Waals surface area contributed by atoms with Crippen LogP contribution in [0.25, 0.3) is 0 Å². The summed E-state index contributed by atoms with van der Waals surface area (Å²) in [5, 5.41) is 2.93. The van der Waals surface area contributed by atoms with Crippen molar-refractivity contribution in [2.75, 3.05) is 20.6 Å². The summed E-state index contributed by atoms with van der Waals surface area (Å²) in [7, 11) is 3.96. The van der Waals surface area contributed by atoms with Crippen molar-refractivity contribution in [1.82, 2.24) is 10.2 Å². The summed E-state index contributed by atoms with van der Waals surface area (Å²) >= 11 is 5.61. The van der Waals surface area contributed by atoms with Gasteiger partial charge >= 0.3 is 0 Å². The first-order valence-corrected chi connectivity index (χ1v) is 6.20. The van der Waals surface area contributed by atoms with Crippen LogP contribution in [0.5, 0.6) is 0 Å². The van der Waals surface area contributed by atoms with Crippen LogP contribution in [0.4, 0.5) is 0 Å². The molecule has 4 nitrogen and oxygen atoms in total. The average Bonchev–Trinajstić information content (AvgIpc) is 2.75. The molecule has 0 bridgehead atoms. The quantitative estimate of drug-likeness (QED) is 0.795. The van der Waals surface area contributed by atoms with Crippen LogP contribution in [0.2, 0.25) is 0 Å². The van der Waals surface area contributed by atoms with E-state index in [0.29, 0.717) is 11.5 Å². The van der Waals surface area contributed by atoms with Gasteiger partial charge in [-0.3, -0.25) is 4.79 Å². The van der Waals surface area contributed by atoms with Crippen molar-refractivity contribution in [2.45, 2.75) is 25.3 Å². The Morgan fingerprint density at radius 3 is 2.71 bits per heavy atom. The molecule has 0 fully saturated rings. The number of nitrogens with zero attached hydrogens (tertiary/aromatic N) is 1. The molecule has 1 aromatic heterocycles. The van der Waals surface area contributed by atoms with Crippen molar-refractivity contribution in [3.05, 3.63) is 23.7 Å². The van der Waals surface area contributed by atoms with Crippen LogP contribution in [0.1, 0.15) is 29.7 Å². The summed E-state index contributed by atoms with van der Waals surface area (Å²) in [6.45, 7) is 2.85. The first-order chi connectivity index (χ1) is 8.06. The zero-order chi connectivity index (χ0) is 12.8. The number of halogens is 1. The molecular weight excluding hydrogens is 240 g/mol. The zero-order valence-electron chi connectivity index (χ0n) is 10.5. The molecule has 1 amide bonds. The molecule has 5 heteroatoms. The van der Waals surface area contributed by atoms with E-state index in [1.54, 1.807) is 12.1 Å². The van der Waals surface area contributed by atoms with E-state index in [9.17, 15) is 4.79 Å². The van der Waals surface area contributed by atoms with Gasteiger partial charge in [-0.1, -0.05) is 6.92 Å². The van der Waals surface area contributed by atoms with Crippen LogP contribution in [-0.2, 0) is 5.88 Å². The lowest BCUT2D eigenvalue weighted by molar-refractivity contribution is 0.0899. The van der Waals surface area contributed by atoms with E-state index in [1.807, 2.05) is 25.9 Å². The lowest BCUT2D eigenvalue weighted by Gasteiger charge is -2.20. The van der Waals surface area contributed by atoms with Crippen LogP contribution in [-0.4, -0.2) is 37.5 Å². The molecular formula is C12H19ClN2O2. The first kappa shape index (κ1) is 14.1. The fraction of sp³-hybridized carbons (Fsp3) is 0.583. The summed E-state index contributed by atoms with van der Waals surface area (Å²) in [5.41, 5.74) is 0. The Morgan fingerprint density at radius 2 is 2.24 bits per heavy atom. The smallest absolute Gasteiger partial charge is 0.287 e. The Labute approximate surface area is 107 Å². The number of hydrogen-bond acceptors (Lipinski definition) is 3. The Morgan fingerprint density at radius 1 is 1.53 bits per heavy atom. The zero-order valence-corrected chi connectivity index (χ0v) is 11.3. The number of rotatable bonds is 6. The number of carbonyl (C=O) groups excluding carboxylic acids is 1. The van der Waals surface area contributed by atoms with E-state index in [2.05, 4.69) is 5.32 Å². The fourth-order valence-corrected chi connectivity index (χ4v) is 1.69. The lowest BCUT2D eigenvalue weighted by Crippen LogP contribution is -2.41. The second-order valence-corrected chi connectivity index (χ2v) is 4.51. The molecule has 1 aromatic rings. The lowest BCUT2D eigenvalue weighted by atomic mass is 10.2. The third kappa shape index (κ3) is 4.40. The van der Waals surface area contributed by atoms with E-state index < -0.39 is 0 Å². The maximum Gasteiger partial charge on any atom is 0.287 e. The number of alkyl halides is 1. The summed E-state index contributed by atoms with van der Waals surface area (Å²) in [5.74, 6) is 1.02. The maximum atomic E-state index is 11.9. The molecule has 96 valence electrons. The molecule has 0 aliphatic heterocycles. The number of amides is 1. The Kier molecular flexibility index (Phi) is 5.51. The molecule has 0 saturated heterocycles. The minimum absolute atomic E-state index is 0.127. The number of furan rings is 1. The van der Waals surface area contributed by atoms with Crippen molar-refractivity contribution in [2.24, 2.45) is 0 Å². The first-order valence-electron chi connectivity index (χ1n) is 5.67. The highest BCUT2D eigenvalue weighted by Gasteiger charge is 2.15. The van der Waals surface area contributed by atoms with Crippen LogP contribution >= 0.6 is 11.6 Å². The van der Waals surface area contributed by atoms with Gasteiger partial charge in [-0.2, -0.15) is 0 Å². The monoisotopic (exact) mass is 258 g/mol. The third-order valence-corrected chi connectivity index (χ3v) is 2.69. The summed E-state index contributed by atoms with van der Waals surface area (Å²) in [4.78, 5) is 13.9. The Balaban J connectivity index is 2.57. The Hall–Kier alpha value is -1.00. The van der Waals surface area contributed by atoms with Crippen molar-refractivity contribution in [1.29, 1.82) is 0 Å². The van der Waals surface area contributed by atoms with E-state index in [-0.39, 0.29) is 17.8 Å². The van der Waals surface area contributed by atoms with E-state index >= 15 is 0 Å². The standard InChI is InChI=1S/C12H19ClN2O2/c1-4-9(8-15(2)3)14-12(16)11-6-5-10(7-13)17-11/h5-6,9H,4,7-8H2,1-3H3,(H,14,16). The fourth-order valence-electron chi connectivity index (χ4n) is 1.55. The molecule has 1 atom stereocenters. The maximum absolute atomic E-state index is 11.9. The molecule has 1 heterocycles. The van der Waals surface area contributed by atoms with E-state index in [4.69, 9.17) is 16.0 Å². The highest BCUT2D eigenvalue weighted by molar-refractivity contribution is 6.16. The minimum atomic E-state index is -0.185. The van der Waals surface area contributed by atoms with Gasteiger partial charge in [0.05, 0.1) is 5.88 Å². The molecule has 0 aliphatic rings. The molecule has 0 aliphatic carbocycles. The van der Waals surface area contributed by atoms with Gasteiger partial charge < -0.3 is 14.6 Å². The van der Waals surface area contributed by atoms with Crippen LogP contribution in [0.3, 0.4) is 0 Å². The number of carbonyl (C=O) groups is 1. The van der Waals surface area contributed by atoms with Gasteiger partial charge in [-0.05, 0) is 32.6 Å². The van der Waals surface area contributed by atoms with Gasteiger partial charge in [0.2, 0.25) is 0 Å². The van der Waals surface area contributed by atoms with Crippen LogP contribution < -0.4 is 5.32 Å². The topological polar surface area (TPSA) is 45.5 Å². The van der Waals surface area contributed by atoms with Gasteiger partial charge in [-0.25, -0.2) is 0 Å². The van der Waals surface area contributed by atoms with Gasteiger partial charge in [-0.15, -0.1) is 11.6 Å². The van der Waals surface area contributed by atoms with Crippen molar-refractivity contribution in [3.63, 3.8) is 0 Å². The summed E-state index contributed by atoms with van der Waals surface area (Å²) in [6.07, 6.45) is 0.882. The van der Waals surface area contributed by atoms with E-state index in [0.717, 1.165) is 13.0 Å². The molecule has 1 N–H and O–H groups in total. The highest BCUT2D eigenvalue weighted by Crippen LogP contribution is 2.10. The van der Waals surface area contributed by atoms with E-state index in [1.165, 1.54) is 0 Å². The summed E-state index contributed by atoms with van der Waals surface area (Å²) < 4.78 is 5.29. The predicted octanol–water partition coefficient (Wildman–Crippen LogP) is 2.09. The molecule has 0 saturated carbocycles. The molecule has 0 spiro atoms. The molecule has 1 unspecified atom stereocenters. The Bertz CT molecular complexity index is 363. The SMILES string of the molecule is CCC(CN(C)C)NC(=O)c1ccc(CCl)o1. The van der Waals surface area contributed by atoms with Gasteiger partial charge in [0, 0.05) is 12.6 Å². The van der Waals surface area contributed by atoms with Crippen LogP contribution in [0, 0.1) is 0 Å². The number of nitrogens with one attached hydrogen (secondary N) is 1. The van der Waals surface area contributed by atoms with Crippen LogP contribution in [0.15, 0.2) is 16.5 Å². The van der Waals surface area contributed by atoms with Gasteiger partial charge in [0.1, 0.15) is 5.76 Å². The molecule has 0 radical (unpaired) electrons. The average molecular weight is 259 g/mol. The normalized spacial score (nSPS) is 12.8. The van der Waals surface area contributed by atoms with Gasteiger partial charge in [0.15, 0.2) is 5.76 Å². The molecule has 1 rings (SSSR count). The second kappa shape index (κ2) is 6.67. The summed E-state index contributed by atoms with van der Waals surface area (Å²) in [6, 6.07) is 3.49. The molecule has 17 heavy (non-hydrogen) atoms. The minimum Gasteiger partial charge on any atom is -0.455 e. The van der Waals surface area contributed by atoms with Crippen molar-refractivity contribution in [3.8, 4) is 0 Å². The number of hydrogen-bond donors (Lipinski definition) is 1. The predicted molar refractivity (Wildman–Crippen MR) is 68.4 cm³/mol. The highest BCUT2D eigenvalue weighted by atomic mass is 35.5. The molecule has 0 aromatic carbocycles. The van der Waals surface area contributed by atoms with Gasteiger partial charge in [0.25, 0.3) is 5.91 Å². The third-order valence-electron chi connectivity index (χ3n) is 2.43. The second-order valence-electron chi connectivity index (χ2n) is 4.24. The van der Waals surface area contributed by atoms with Crippen molar-refractivity contribution >= 4 is 17.5 Å². The number of likely N-dealkylation sites (N-methyl/N-ethyl adjacent to an activating group) is 1.